The monoisotopic (exact) mass is 632 g/mol. The molecule has 0 aliphatic carbocycles. The van der Waals surface area contributed by atoms with Crippen molar-refractivity contribution in [1.82, 2.24) is 0 Å². The number of carboxylic acids is 1. The van der Waals surface area contributed by atoms with Crippen LogP contribution in [0.15, 0.2) is 0 Å². The Hall–Kier alpha value is -1.17. The summed E-state index contributed by atoms with van der Waals surface area (Å²) in [6, 6.07) is 0. The lowest BCUT2D eigenvalue weighted by molar-refractivity contribution is -0.379. The third-order valence-electron chi connectivity index (χ3n) is 7.81. The van der Waals surface area contributed by atoms with Gasteiger partial charge in [0.1, 0.15) is 73.2 Å². The molecule has 11 N–H and O–H groups in total. The molecule has 3 rings (SSSR count). The van der Waals surface area contributed by atoms with Crippen LogP contribution in [0.25, 0.3) is 0 Å². The highest BCUT2D eigenvalue weighted by molar-refractivity contribution is 5.69. The van der Waals surface area contributed by atoms with E-state index in [0.29, 0.717) is 19.3 Å². The first-order valence-corrected chi connectivity index (χ1v) is 14.1. The summed E-state index contributed by atoms with van der Waals surface area (Å²) in [4.78, 5) is 10.9. The Kier molecular flexibility index (Phi) is 13.9. The molecule has 3 aliphatic rings. The SMILES string of the molecule is C[C@@H](CCCCO[C@@H]1OC(CO)[C@H](O[C@@H]2OC(CO)[C@H](O[C@@H]3OC(CO)[C@H](O)[C@H](O)C3O)[C@H](O)C2O)[C@H](O)C1O)C(=O)O. The summed E-state index contributed by atoms with van der Waals surface area (Å²) in [7, 11) is 0. The fourth-order valence-electron chi connectivity index (χ4n) is 5.06. The van der Waals surface area contributed by atoms with Crippen LogP contribution in [0, 0.1) is 5.92 Å². The maximum absolute atomic E-state index is 10.9. The lowest BCUT2D eigenvalue weighted by Gasteiger charge is -2.48. The van der Waals surface area contributed by atoms with Crippen LogP contribution in [-0.2, 0) is 33.2 Å². The summed E-state index contributed by atoms with van der Waals surface area (Å²) < 4.78 is 32.9. The van der Waals surface area contributed by atoms with Gasteiger partial charge in [-0.1, -0.05) is 13.3 Å². The van der Waals surface area contributed by atoms with E-state index in [9.17, 15) is 55.9 Å². The van der Waals surface area contributed by atoms with E-state index in [4.69, 9.17) is 33.5 Å². The molecule has 3 heterocycles. The second-order valence-electron chi connectivity index (χ2n) is 10.9. The molecule has 16 atom stereocenters. The van der Waals surface area contributed by atoms with E-state index < -0.39 is 124 Å². The highest BCUT2D eigenvalue weighted by atomic mass is 16.8. The first kappa shape index (κ1) is 36.3. The molecule has 6 unspecified atom stereocenters. The van der Waals surface area contributed by atoms with Gasteiger partial charge in [0.2, 0.25) is 0 Å². The molecule has 3 saturated heterocycles. The van der Waals surface area contributed by atoms with E-state index in [1.807, 2.05) is 0 Å². The minimum Gasteiger partial charge on any atom is -0.481 e. The van der Waals surface area contributed by atoms with Gasteiger partial charge in [-0.3, -0.25) is 4.79 Å². The predicted molar refractivity (Wildman–Crippen MR) is 136 cm³/mol. The number of hydrogen-bond acceptors (Lipinski definition) is 17. The second kappa shape index (κ2) is 16.4. The van der Waals surface area contributed by atoms with Gasteiger partial charge in [0.05, 0.1) is 25.7 Å². The largest absolute Gasteiger partial charge is 0.481 e. The Balaban J connectivity index is 1.60. The molecule has 3 fully saturated rings. The van der Waals surface area contributed by atoms with Crippen LogP contribution < -0.4 is 0 Å². The first-order chi connectivity index (χ1) is 20.4. The molecular formula is C25H44O18. The lowest BCUT2D eigenvalue weighted by Crippen LogP contribution is -2.66. The van der Waals surface area contributed by atoms with Crippen LogP contribution in [0.1, 0.15) is 26.2 Å². The van der Waals surface area contributed by atoms with Crippen LogP contribution in [0.3, 0.4) is 0 Å². The molecule has 252 valence electrons. The number of rotatable bonds is 14. The number of aliphatic hydroxyl groups excluding tert-OH is 10. The number of aliphatic carboxylic acids is 1. The molecule has 3 aliphatic heterocycles. The molecule has 0 aromatic rings. The molecule has 0 aromatic carbocycles. The average Bonchev–Trinajstić information content (AvgIpc) is 2.99. The minimum absolute atomic E-state index is 0.0507. The highest BCUT2D eigenvalue weighted by Crippen LogP contribution is 2.32. The number of carboxylic acid groups (broad SMARTS) is 1. The summed E-state index contributed by atoms with van der Waals surface area (Å²) in [5, 5.41) is 111. The Morgan fingerprint density at radius 2 is 1.07 bits per heavy atom. The molecule has 0 bridgehead atoms. The molecule has 0 saturated carbocycles. The van der Waals surface area contributed by atoms with E-state index in [0.717, 1.165) is 0 Å². The van der Waals surface area contributed by atoms with Crippen LogP contribution >= 0.6 is 0 Å². The van der Waals surface area contributed by atoms with E-state index in [1.54, 1.807) is 6.92 Å². The fourth-order valence-corrected chi connectivity index (χ4v) is 5.06. The standard InChI is InChI=1S/C25H44O18/c1-9(22(36)37)4-2-3-5-38-23-18(34)15(31)20(11(7-27)40-23)43-25-19(35)16(32)21(12(8-28)41-25)42-24-17(33)14(30)13(29)10(6-26)39-24/h9-21,23-35H,2-8H2,1H3,(H,36,37)/t9-,10?,11?,12?,13-,14-,15+,16+,17?,18?,19?,20-,21-,23+,24-,25-/m0/s1. The van der Waals surface area contributed by atoms with Gasteiger partial charge in [-0.15, -0.1) is 0 Å². The van der Waals surface area contributed by atoms with Gasteiger partial charge in [-0.2, -0.15) is 0 Å². The summed E-state index contributed by atoms with van der Waals surface area (Å²) in [5.74, 6) is -1.46. The van der Waals surface area contributed by atoms with Gasteiger partial charge in [0.15, 0.2) is 18.9 Å². The van der Waals surface area contributed by atoms with Crippen molar-refractivity contribution in [2.75, 3.05) is 26.4 Å². The van der Waals surface area contributed by atoms with Crippen LogP contribution in [0.5, 0.6) is 0 Å². The topological polar surface area (TPSA) is 295 Å². The number of unbranched alkanes of at least 4 members (excludes halogenated alkanes) is 1. The van der Waals surface area contributed by atoms with Gasteiger partial charge < -0.3 is 84.6 Å². The number of hydrogen-bond donors (Lipinski definition) is 11. The summed E-state index contributed by atoms with van der Waals surface area (Å²) in [6.07, 6.45) is -23.3. The Morgan fingerprint density at radius 1 is 0.628 bits per heavy atom. The molecule has 0 aromatic heterocycles. The Bertz CT molecular complexity index is 845. The van der Waals surface area contributed by atoms with E-state index in [1.165, 1.54) is 0 Å². The number of aliphatic hydroxyl groups is 10. The van der Waals surface area contributed by atoms with Crippen molar-refractivity contribution in [2.24, 2.45) is 5.92 Å². The van der Waals surface area contributed by atoms with Crippen molar-refractivity contribution in [3.05, 3.63) is 0 Å². The zero-order valence-electron chi connectivity index (χ0n) is 23.5. The normalized spacial score (nSPS) is 44.7. The van der Waals surface area contributed by atoms with Crippen molar-refractivity contribution in [2.45, 2.75) is 118 Å². The van der Waals surface area contributed by atoms with E-state index in [-0.39, 0.29) is 6.61 Å². The van der Waals surface area contributed by atoms with Gasteiger partial charge in [0, 0.05) is 6.61 Å². The smallest absolute Gasteiger partial charge is 0.306 e. The molecular weight excluding hydrogens is 588 g/mol. The molecule has 43 heavy (non-hydrogen) atoms. The fraction of sp³-hybridized carbons (Fsp3) is 0.960. The van der Waals surface area contributed by atoms with Crippen LogP contribution in [0.4, 0.5) is 0 Å². The highest BCUT2D eigenvalue weighted by Gasteiger charge is 2.53. The predicted octanol–water partition coefficient (Wildman–Crippen LogP) is -5.66. The van der Waals surface area contributed by atoms with Crippen molar-refractivity contribution in [3.63, 3.8) is 0 Å². The lowest BCUT2D eigenvalue weighted by atomic mass is 9.96. The molecule has 0 radical (unpaired) electrons. The van der Waals surface area contributed by atoms with Crippen molar-refractivity contribution in [1.29, 1.82) is 0 Å². The van der Waals surface area contributed by atoms with E-state index in [2.05, 4.69) is 0 Å². The maximum atomic E-state index is 10.9. The van der Waals surface area contributed by atoms with Crippen LogP contribution in [0.2, 0.25) is 0 Å². The summed E-state index contributed by atoms with van der Waals surface area (Å²) in [6.45, 7) is -0.695. The third-order valence-corrected chi connectivity index (χ3v) is 7.81. The Morgan fingerprint density at radius 3 is 1.56 bits per heavy atom. The molecule has 0 amide bonds. The van der Waals surface area contributed by atoms with Gasteiger partial charge in [-0.05, 0) is 12.8 Å². The van der Waals surface area contributed by atoms with Gasteiger partial charge >= 0.3 is 5.97 Å². The van der Waals surface area contributed by atoms with Gasteiger partial charge in [-0.25, -0.2) is 0 Å². The maximum Gasteiger partial charge on any atom is 0.306 e. The average molecular weight is 633 g/mol. The van der Waals surface area contributed by atoms with Crippen LogP contribution in [-0.4, -0.2) is 181 Å². The number of ether oxygens (including phenoxy) is 6. The first-order valence-electron chi connectivity index (χ1n) is 14.1. The van der Waals surface area contributed by atoms with Crippen molar-refractivity contribution >= 4 is 5.97 Å². The van der Waals surface area contributed by atoms with E-state index >= 15 is 0 Å². The molecule has 0 spiro atoms. The minimum atomic E-state index is -1.93. The molecule has 18 heteroatoms. The second-order valence-corrected chi connectivity index (χ2v) is 10.9. The van der Waals surface area contributed by atoms with Crippen molar-refractivity contribution in [3.8, 4) is 0 Å². The third kappa shape index (κ3) is 8.55. The zero-order valence-corrected chi connectivity index (χ0v) is 23.5. The number of carbonyl (C=O) groups is 1. The quantitative estimate of drug-likeness (QED) is 0.0795. The molecule has 18 nitrogen and oxygen atoms in total. The summed E-state index contributed by atoms with van der Waals surface area (Å²) in [5.41, 5.74) is 0. The van der Waals surface area contributed by atoms with Crippen molar-refractivity contribution < 1.29 is 89.4 Å². The Labute approximate surface area is 246 Å². The zero-order chi connectivity index (χ0) is 32.0. The summed E-state index contributed by atoms with van der Waals surface area (Å²) >= 11 is 0. The van der Waals surface area contributed by atoms with Gasteiger partial charge in [0.25, 0.3) is 0 Å².